The minimum absolute atomic E-state index is 0.299. The van der Waals surface area contributed by atoms with Gasteiger partial charge in [-0.25, -0.2) is 0 Å². The Balaban J connectivity index is 2.04. The van der Waals surface area contributed by atoms with Gasteiger partial charge in [-0.05, 0) is 45.1 Å². The van der Waals surface area contributed by atoms with E-state index in [1.54, 1.807) is 0 Å². The number of unbranched alkanes of at least 4 members (excludes halogenated alkanes) is 1. The van der Waals surface area contributed by atoms with Gasteiger partial charge in [0.05, 0.1) is 0 Å². The quantitative estimate of drug-likeness (QED) is 0.315. The number of hydrogen-bond acceptors (Lipinski definition) is 3. The van der Waals surface area contributed by atoms with Crippen LogP contribution >= 0.6 is 0 Å². The molecule has 0 saturated heterocycles. The first-order chi connectivity index (χ1) is 16.6. The molecule has 0 heterocycles. The summed E-state index contributed by atoms with van der Waals surface area (Å²) in [5, 5.41) is 4.13. The molecular weight excluding hydrogens is 430 g/mol. The smallest absolute Gasteiger partial charge is 0.158 e. The van der Waals surface area contributed by atoms with Gasteiger partial charge in [-0.15, -0.1) is 0 Å². The Labute approximate surface area is 205 Å². The summed E-state index contributed by atoms with van der Waals surface area (Å²) in [6.45, 7) is 3.84. The van der Waals surface area contributed by atoms with Crippen LogP contribution in [0.15, 0.2) is 96.6 Å². The lowest BCUT2D eigenvalue weighted by atomic mass is 10.1. The fourth-order valence-electron chi connectivity index (χ4n) is 5.29. The van der Waals surface area contributed by atoms with Crippen molar-refractivity contribution in [3.8, 4) is 0 Å². The van der Waals surface area contributed by atoms with Crippen molar-refractivity contribution >= 4 is 23.6 Å². The molecular formula is C30H37N3Si. The van der Waals surface area contributed by atoms with Gasteiger partial charge in [-0.2, -0.15) is 0 Å². The Morgan fingerprint density at radius 3 is 1.59 bits per heavy atom. The van der Waals surface area contributed by atoms with Gasteiger partial charge in [0.1, 0.15) is 0 Å². The molecule has 176 valence electrons. The monoisotopic (exact) mass is 467 g/mol. The molecule has 4 heteroatoms. The van der Waals surface area contributed by atoms with Crippen molar-refractivity contribution in [1.29, 1.82) is 0 Å². The molecule has 0 bridgehead atoms. The third kappa shape index (κ3) is 4.73. The Hall–Kier alpha value is -2.76. The van der Waals surface area contributed by atoms with Gasteiger partial charge < -0.3 is 17.2 Å². The molecule has 0 amide bonds. The van der Waals surface area contributed by atoms with Gasteiger partial charge in [0.2, 0.25) is 0 Å². The molecule has 3 aromatic rings. The summed E-state index contributed by atoms with van der Waals surface area (Å²) < 4.78 is 0. The van der Waals surface area contributed by atoms with E-state index in [2.05, 4.69) is 97.9 Å². The molecule has 0 fully saturated rings. The predicted molar refractivity (Wildman–Crippen MR) is 148 cm³/mol. The molecule has 3 aromatic carbocycles. The fraction of sp³-hybridized carbons (Fsp3) is 0.267. The molecule has 0 saturated carbocycles. The number of nitrogens with two attached hydrogens (primary N) is 3. The van der Waals surface area contributed by atoms with E-state index < -0.39 is 8.07 Å². The van der Waals surface area contributed by atoms with Crippen LogP contribution in [-0.2, 0) is 19.6 Å². The van der Waals surface area contributed by atoms with Crippen LogP contribution < -0.4 is 32.8 Å². The van der Waals surface area contributed by atoms with Crippen LogP contribution in [-0.4, -0.2) is 8.07 Å². The van der Waals surface area contributed by atoms with Crippen LogP contribution in [0.25, 0.3) is 0 Å². The highest BCUT2D eigenvalue weighted by atomic mass is 28.3. The Morgan fingerprint density at radius 2 is 1.18 bits per heavy atom. The second-order valence-corrected chi connectivity index (χ2v) is 13.3. The summed E-state index contributed by atoms with van der Waals surface area (Å²) in [5.74, 6) is 0. The SMILES string of the molecule is CCCCC1=CC([Si](c2cccc(CN)c2)(c2cccc(CN)c2)c2cccc(CN)c2)C=C1. The topological polar surface area (TPSA) is 78.1 Å². The van der Waals surface area contributed by atoms with E-state index in [9.17, 15) is 0 Å². The first kappa shape index (κ1) is 24.4. The van der Waals surface area contributed by atoms with E-state index in [4.69, 9.17) is 17.2 Å². The molecule has 34 heavy (non-hydrogen) atoms. The van der Waals surface area contributed by atoms with E-state index in [0.717, 1.165) is 23.1 Å². The Kier molecular flexibility index (Phi) is 7.96. The first-order valence-electron chi connectivity index (χ1n) is 12.4. The predicted octanol–water partition coefficient (Wildman–Crippen LogP) is 3.59. The number of allylic oxidation sites excluding steroid dienone is 4. The maximum atomic E-state index is 6.12. The van der Waals surface area contributed by atoms with Gasteiger partial charge in [-0.1, -0.05) is 110 Å². The summed E-state index contributed by atoms with van der Waals surface area (Å²) in [6.07, 6.45) is 10.9. The molecule has 1 atom stereocenters. The molecule has 0 aliphatic heterocycles. The Morgan fingerprint density at radius 1 is 0.706 bits per heavy atom. The largest absolute Gasteiger partial charge is 0.326 e. The van der Waals surface area contributed by atoms with Crippen molar-refractivity contribution in [2.45, 2.75) is 51.4 Å². The average Bonchev–Trinajstić information content (AvgIpc) is 3.37. The highest BCUT2D eigenvalue weighted by Gasteiger charge is 2.46. The Bertz CT molecular complexity index is 1070. The second kappa shape index (κ2) is 11.1. The molecule has 4 rings (SSSR count). The zero-order valence-corrected chi connectivity index (χ0v) is 21.2. The number of hydrogen-bond donors (Lipinski definition) is 3. The molecule has 0 spiro atoms. The van der Waals surface area contributed by atoms with Crippen molar-refractivity contribution in [3.63, 3.8) is 0 Å². The maximum Gasteiger partial charge on any atom is 0.158 e. The zero-order chi connectivity index (χ0) is 24.0. The minimum Gasteiger partial charge on any atom is -0.326 e. The average molecular weight is 468 g/mol. The van der Waals surface area contributed by atoms with E-state index in [0.29, 0.717) is 25.2 Å². The van der Waals surface area contributed by atoms with E-state index in [1.165, 1.54) is 34.0 Å². The summed E-state index contributed by atoms with van der Waals surface area (Å²) in [6, 6.07) is 26.8. The fourth-order valence-corrected chi connectivity index (χ4v) is 10.6. The highest BCUT2D eigenvalue weighted by Crippen LogP contribution is 2.34. The van der Waals surface area contributed by atoms with Crippen LogP contribution in [0, 0.1) is 0 Å². The van der Waals surface area contributed by atoms with Crippen LogP contribution in [0.3, 0.4) is 0 Å². The lowest BCUT2D eigenvalue weighted by Crippen LogP contribution is -2.69. The molecule has 6 N–H and O–H groups in total. The molecule has 1 aliphatic carbocycles. The molecule has 0 radical (unpaired) electrons. The van der Waals surface area contributed by atoms with Crippen molar-refractivity contribution in [2.75, 3.05) is 0 Å². The summed E-state index contributed by atoms with van der Waals surface area (Å²) in [4.78, 5) is 0. The lowest BCUT2D eigenvalue weighted by Gasteiger charge is -2.38. The van der Waals surface area contributed by atoms with Crippen molar-refractivity contribution in [2.24, 2.45) is 17.2 Å². The van der Waals surface area contributed by atoms with Gasteiger partial charge in [0.25, 0.3) is 0 Å². The van der Waals surface area contributed by atoms with Gasteiger partial charge in [0.15, 0.2) is 8.07 Å². The first-order valence-corrected chi connectivity index (χ1v) is 14.5. The van der Waals surface area contributed by atoms with Crippen LogP contribution in [0.2, 0.25) is 5.54 Å². The summed E-state index contributed by atoms with van der Waals surface area (Å²) in [7, 11) is -2.54. The third-order valence-electron chi connectivity index (χ3n) is 7.08. The molecule has 0 aromatic heterocycles. The van der Waals surface area contributed by atoms with E-state index in [-0.39, 0.29) is 0 Å². The maximum absolute atomic E-state index is 6.12. The minimum atomic E-state index is -2.54. The van der Waals surface area contributed by atoms with Crippen LogP contribution in [0.4, 0.5) is 0 Å². The normalized spacial score (nSPS) is 15.5. The lowest BCUT2D eigenvalue weighted by molar-refractivity contribution is 0.798. The van der Waals surface area contributed by atoms with Crippen molar-refractivity contribution in [1.82, 2.24) is 0 Å². The van der Waals surface area contributed by atoms with Crippen molar-refractivity contribution in [3.05, 3.63) is 113 Å². The third-order valence-corrected chi connectivity index (χ3v) is 12.1. The highest BCUT2D eigenvalue weighted by molar-refractivity contribution is 7.13. The van der Waals surface area contributed by atoms with Gasteiger partial charge in [0, 0.05) is 25.2 Å². The number of rotatable bonds is 10. The molecule has 1 unspecified atom stereocenters. The molecule has 1 aliphatic rings. The number of benzene rings is 3. The van der Waals surface area contributed by atoms with Crippen LogP contribution in [0.5, 0.6) is 0 Å². The second-order valence-electron chi connectivity index (χ2n) is 9.25. The van der Waals surface area contributed by atoms with E-state index in [1.807, 2.05) is 0 Å². The van der Waals surface area contributed by atoms with Gasteiger partial charge >= 0.3 is 0 Å². The van der Waals surface area contributed by atoms with E-state index >= 15 is 0 Å². The van der Waals surface area contributed by atoms with Gasteiger partial charge in [-0.3, -0.25) is 0 Å². The summed E-state index contributed by atoms with van der Waals surface area (Å²) >= 11 is 0. The van der Waals surface area contributed by atoms with Crippen LogP contribution in [0.1, 0.15) is 42.9 Å². The molecule has 3 nitrogen and oxygen atoms in total. The summed E-state index contributed by atoms with van der Waals surface area (Å²) in [5.41, 5.74) is 23.6. The standard InChI is InChI=1S/C30H37N3Si/c1-2-3-7-23-14-15-30(16-23)34(27-11-4-8-24(17-27)20-31,28-12-5-9-25(18-28)21-32)29-13-6-10-26(19-29)22-33/h4-6,8-19,30H,2-3,7,20-22,31-33H2,1H3. The zero-order valence-electron chi connectivity index (χ0n) is 20.2. The van der Waals surface area contributed by atoms with Crippen molar-refractivity contribution < 1.29 is 0 Å².